The van der Waals surface area contributed by atoms with Crippen molar-refractivity contribution in [1.29, 1.82) is 0 Å². The molecule has 6 nitrogen and oxygen atoms in total. The fourth-order valence-electron chi connectivity index (χ4n) is 3.79. The summed E-state index contributed by atoms with van der Waals surface area (Å²) >= 11 is 0. The van der Waals surface area contributed by atoms with Crippen molar-refractivity contribution in [3.8, 4) is 0 Å². The molecule has 1 aliphatic rings. The van der Waals surface area contributed by atoms with E-state index in [2.05, 4.69) is 22.5 Å². The van der Waals surface area contributed by atoms with Gasteiger partial charge in [-0.2, -0.15) is 0 Å². The summed E-state index contributed by atoms with van der Waals surface area (Å²) in [5.41, 5.74) is 1.09. The minimum absolute atomic E-state index is 0.0454. The zero-order chi connectivity index (χ0) is 19.5. The number of piperidine rings is 1. The van der Waals surface area contributed by atoms with Crippen LogP contribution in [0.15, 0.2) is 30.3 Å². The van der Waals surface area contributed by atoms with E-state index in [-0.39, 0.29) is 18.5 Å². The van der Waals surface area contributed by atoms with E-state index >= 15 is 0 Å². The van der Waals surface area contributed by atoms with Gasteiger partial charge in [-0.25, -0.2) is 4.79 Å². The van der Waals surface area contributed by atoms with Gasteiger partial charge in [0, 0.05) is 31.6 Å². The number of rotatable bonds is 10. The molecule has 2 amide bonds. The quantitative estimate of drug-likeness (QED) is 0.587. The number of urea groups is 1. The molecule has 150 valence electrons. The van der Waals surface area contributed by atoms with E-state index < -0.39 is 5.97 Å². The second-order valence-corrected chi connectivity index (χ2v) is 7.31. The summed E-state index contributed by atoms with van der Waals surface area (Å²) in [7, 11) is 0. The molecule has 0 spiro atoms. The summed E-state index contributed by atoms with van der Waals surface area (Å²) in [4.78, 5) is 25.7. The van der Waals surface area contributed by atoms with Crippen LogP contribution in [0.1, 0.15) is 51.0 Å². The van der Waals surface area contributed by atoms with Crippen molar-refractivity contribution in [3.63, 3.8) is 0 Å². The van der Waals surface area contributed by atoms with Gasteiger partial charge >= 0.3 is 12.0 Å². The lowest BCUT2D eigenvalue weighted by Gasteiger charge is -2.35. The number of nitrogens with zero attached hydrogens (tertiary/aromatic N) is 1. The molecule has 2 rings (SSSR count). The number of aliphatic carboxylic acids is 1. The number of hydrogen-bond donors (Lipinski definition) is 3. The molecule has 0 saturated carbocycles. The van der Waals surface area contributed by atoms with E-state index in [0.29, 0.717) is 25.4 Å². The van der Waals surface area contributed by atoms with Crippen LogP contribution in [-0.2, 0) is 11.2 Å². The van der Waals surface area contributed by atoms with Crippen molar-refractivity contribution in [2.24, 2.45) is 0 Å². The Balaban J connectivity index is 1.78. The summed E-state index contributed by atoms with van der Waals surface area (Å²) in [6.07, 6.45) is 6.03. The number of carbonyl (C=O) groups excluding carboxylic acids is 1. The van der Waals surface area contributed by atoms with Crippen LogP contribution in [0.2, 0.25) is 0 Å². The molecule has 1 heterocycles. The first-order chi connectivity index (χ1) is 13.1. The van der Waals surface area contributed by atoms with Gasteiger partial charge in [0.15, 0.2) is 0 Å². The Kier molecular flexibility index (Phi) is 9.11. The Hall–Kier alpha value is -2.08. The molecule has 1 aromatic rings. The Morgan fingerprint density at radius 1 is 1.26 bits per heavy atom. The fraction of sp³-hybridized carbons (Fsp3) is 0.619. The van der Waals surface area contributed by atoms with Gasteiger partial charge in [-0.15, -0.1) is 0 Å². The Morgan fingerprint density at radius 2 is 2.04 bits per heavy atom. The molecule has 6 heteroatoms. The van der Waals surface area contributed by atoms with E-state index in [4.69, 9.17) is 5.11 Å². The van der Waals surface area contributed by atoms with E-state index in [1.807, 2.05) is 30.3 Å². The van der Waals surface area contributed by atoms with E-state index in [1.165, 1.54) is 19.3 Å². The predicted octanol–water partition coefficient (Wildman–Crippen LogP) is 3.03. The zero-order valence-electron chi connectivity index (χ0n) is 16.3. The number of benzene rings is 1. The number of amides is 2. The molecule has 1 aliphatic heterocycles. The highest BCUT2D eigenvalue weighted by atomic mass is 16.4. The van der Waals surface area contributed by atoms with Gasteiger partial charge in [0.2, 0.25) is 0 Å². The Labute approximate surface area is 162 Å². The third-order valence-corrected chi connectivity index (χ3v) is 5.27. The first-order valence-electron chi connectivity index (χ1n) is 10.1. The largest absolute Gasteiger partial charge is 0.481 e. The van der Waals surface area contributed by atoms with Crippen LogP contribution in [0.3, 0.4) is 0 Å². The van der Waals surface area contributed by atoms with Crippen molar-refractivity contribution in [2.75, 3.05) is 19.6 Å². The standard InChI is InChI=1S/C21H33N3O3/c1-2-19-10-6-7-14-24(19)15-13-22-21(27)23-18(11-12-20(25)26)16-17-8-4-3-5-9-17/h3-5,8-9,18-19H,2,6-7,10-16H2,1H3,(H,25,26)(H2,22,23,27). The monoisotopic (exact) mass is 375 g/mol. The third kappa shape index (κ3) is 7.99. The van der Waals surface area contributed by atoms with Gasteiger partial charge in [-0.3, -0.25) is 9.69 Å². The number of carbonyl (C=O) groups is 2. The van der Waals surface area contributed by atoms with Gasteiger partial charge in [0.05, 0.1) is 0 Å². The van der Waals surface area contributed by atoms with Crippen LogP contribution in [0, 0.1) is 0 Å². The van der Waals surface area contributed by atoms with E-state index in [1.54, 1.807) is 0 Å². The minimum Gasteiger partial charge on any atom is -0.481 e. The molecule has 1 saturated heterocycles. The predicted molar refractivity (Wildman–Crippen MR) is 107 cm³/mol. The van der Waals surface area contributed by atoms with E-state index in [9.17, 15) is 9.59 Å². The third-order valence-electron chi connectivity index (χ3n) is 5.27. The van der Waals surface area contributed by atoms with Gasteiger partial charge in [0.25, 0.3) is 0 Å². The van der Waals surface area contributed by atoms with Gasteiger partial charge in [0.1, 0.15) is 0 Å². The highest BCUT2D eigenvalue weighted by Gasteiger charge is 2.20. The number of carboxylic acid groups (broad SMARTS) is 1. The van der Waals surface area contributed by atoms with Gasteiger partial charge < -0.3 is 15.7 Å². The van der Waals surface area contributed by atoms with Crippen LogP contribution < -0.4 is 10.6 Å². The molecule has 0 bridgehead atoms. The lowest BCUT2D eigenvalue weighted by molar-refractivity contribution is -0.137. The molecule has 2 atom stereocenters. The summed E-state index contributed by atoms with van der Waals surface area (Å²) < 4.78 is 0. The molecule has 0 aliphatic carbocycles. The lowest BCUT2D eigenvalue weighted by Crippen LogP contribution is -2.47. The fourth-order valence-corrected chi connectivity index (χ4v) is 3.79. The highest BCUT2D eigenvalue weighted by molar-refractivity contribution is 5.74. The topological polar surface area (TPSA) is 81.7 Å². The normalized spacial score (nSPS) is 18.6. The molecule has 27 heavy (non-hydrogen) atoms. The SMILES string of the molecule is CCC1CCCCN1CCNC(=O)NC(CCC(=O)O)Cc1ccccc1. The average molecular weight is 376 g/mol. The summed E-state index contributed by atoms with van der Waals surface area (Å²) in [6.45, 7) is 4.81. The minimum atomic E-state index is -0.842. The Morgan fingerprint density at radius 3 is 2.74 bits per heavy atom. The van der Waals surface area contributed by atoms with Crippen molar-refractivity contribution >= 4 is 12.0 Å². The lowest BCUT2D eigenvalue weighted by atomic mass is 10.0. The number of hydrogen-bond acceptors (Lipinski definition) is 3. The molecule has 1 fully saturated rings. The number of nitrogens with one attached hydrogen (secondary N) is 2. The average Bonchev–Trinajstić information content (AvgIpc) is 2.67. The van der Waals surface area contributed by atoms with Crippen LogP contribution in [0.25, 0.3) is 0 Å². The smallest absolute Gasteiger partial charge is 0.315 e. The van der Waals surface area contributed by atoms with Crippen molar-refractivity contribution in [2.45, 2.75) is 64.0 Å². The van der Waals surface area contributed by atoms with Crippen molar-refractivity contribution in [3.05, 3.63) is 35.9 Å². The first kappa shape index (κ1) is 21.2. The van der Waals surface area contributed by atoms with Gasteiger partial charge in [-0.1, -0.05) is 43.7 Å². The van der Waals surface area contributed by atoms with Crippen molar-refractivity contribution in [1.82, 2.24) is 15.5 Å². The molecule has 3 N–H and O–H groups in total. The van der Waals surface area contributed by atoms with Crippen LogP contribution in [-0.4, -0.2) is 53.7 Å². The summed E-state index contributed by atoms with van der Waals surface area (Å²) in [5.74, 6) is -0.842. The maximum atomic E-state index is 12.3. The molecule has 1 aromatic carbocycles. The second-order valence-electron chi connectivity index (χ2n) is 7.31. The van der Waals surface area contributed by atoms with E-state index in [0.717, 1.165) is 25.1 Å². The molecular formula is C21H33N3O3. The maximum absolute atomic E-state index is 12.3. The van der Waals surface area contributed by atoms with Crippen LogP contribution in [0.4, 0.5) is 4.79 Å². The van der Waals surface area contributed by atoms with Crippen molar-refractivity contribution < 1.29 is 14.7 Å². The summed E-state index contributed by atoms with van der Waals surface area (Å²) in [5, 5.41) is 14.9. The van der Waals surface area contributed by atoms with Crippen LogP contribution in [0.5, 0.6) is 0 Å². The van der Waals surface area contributed by atoms with Crippen LogP contribution >= 0.6 is 0 Å². The molecule has 2 unspecified atom stereocenters. The second kappa shape index (κ2) is 11.6. The zero-order valence-corrected chi connectivity index (χ0v) is 16.3. The number of carboxylic acids is 1. The first-order valence-corrected chi connectivity index (χ1v) is 10.1. The highest BCUT2D eigenvalue weighted by Crippen LogP contribution is 2.18. The molecule has 0 aromatic heterocycles. The maximum Gasteiger partial charge on any atom is 0.315 e. The molecule has 0 radical (unpaired) electrons. The summed E-state index contributed by atoms with van der Waals surface area (Å²) in [6, 6.07) is 10.1. The molecular weight excluding hydrogens is 342 g/mol. The van der Waals surface area contributed by atoms with Gasteiger partial charge in [-0.05, 0) is 44.2 Å². The Bertz CT molecular complexity index is 579. The number of likely N-dealkylation sites (tertiary alicyclic amines) is 1.